The van der Waals surface area contributed by atoms with Crippen LogP contribution in [0.4, 0.5) is 8.78 Å². The molecule has 0 unspecified atom stereocenters. The van der Waals surface area contributed by atoms with Crippen LogP contribution in [0.25, 0.3) is 0 Å². The van der Waals surface area contributed by atoms with Gasteiger partial charge in [-0.1, -0.05) is 0 Å². The van der Waals surface area contributed by atoms with Crippen LogP contribution in [0.5, 0.6) is 0 Å². The topological polar surface area (TPSA) is 61.1 Å². The SMILES string of the molecule is N#Cc1cc(CCC(=O)O)c(F)cc1F. The summed E-state index contributed by atoms with van der Waals surface area (Å²) in [6.45, 7) is 0. The van der Waals surface area contributed by atoms with Gasteiger partial charge >= 0.3 is 5.97 Å². The summed E-state index contributed by atoms with van der Waals surface area (Å²) in [5.74, 6) is -2.83. The highest BCUT2D eigenvalue weighted by molar-refractivity contribution is 5.67. The Morgan fingerprint density at radius 3 is 2.60 bits per heavy atom. The third-order valence-corrected chi connectivity index (χ3v) is 1.86. The molecule has 0 amide bonds. The third-order valence-electron chi connectivity index (χ3n) is 1.86. The number of aliphatic carboxylic acids is 1. The van der Waals surface area contributed by atoms with Gasteiger partial charge in [-0.05, 0) is 18.1 Å². The molecular weight excluding hydrogens is 204 g/mol. The zero-order chi connectivity index (χ0) is 11.4. The van der Waals surface area contributed by atoms with E-state index < -0.39 is 17.6 Å². The standard InChI is InChI=1S/C10H7F2NO2/c11-8-4-9(12)7(5-13)3-6(8)1-2-10(14)15/h3-4H,1-2H2,(H,14,15). The lowest BCUT2D eigenvalue weighted by Crippen LogP contribution is -2.01. The van der Waals surface area contributed by atoms with Crippen LogP contribution in [-0.2, 0) is 11.2 Å². The first-order chi connectivity index (χ1) is 7.04. The quantitative estimate of drug-likeness (QED) is 0.829. The van der Waals surface area contributed by atoms with Gasteiger partial charge in [0.05, 0.1) is 5.56 Å². The summed E-state index contributed by atoms with van der Waals surface area (Å²) in [4.78, 5) is 10.2. The van der Waals surface area contributed by atoms with Crippen molar-refractivity contribution in [2.75, 3.05) is 0 Å². The van der Waals surface area contributed by atoms with Gasteiger partial charge in [-0.15, -0.1) is 0 Å². The molecule has 0 atom stereocenters. The Labute approximate surface area is 84.6 Å². The van der Waals surface area contributed by atoms with Gasteiger partial charge in [0, 0.05) is 12.5 Å². The van der Waals surface area contributed by atoms with Crippen molar-refractivity contribution in [2.24, 2.45) is 0 Å². The molecule has 0 bridgehead atoms. The molecule has 0 saturated carbocycles. The van der Waals surface area contributed by atoms with Crippen molar-refractivity contribution >= 4 is 5.97 Å². The molecule has 0 radical (unpaired) electrons. The van der Waals surface area contributed by atoms with Crippen LogP contribution in [0.15, 0.2) is 12.1 Å². The fourth-order valence-corrected chi connectivity index (χ4v) is 1.11. The van der Waals surface area contributed by atoms with E-state index >= 15 is 0 Å². The predicted molar refractivity (Wildman–Crippen MR) is 47.0 cm³/mol. The van der Waals surface area contributed by atoms with E-state index in [0.29, 0.717) is 6.07 Å². The van der Waals surface area contributed by atoms with Crippen LogP contribution >= 0.6 is 0 Å². The second-order valence-electron chi connectivity index (χ2n) is 2.93. The summed E-state index contributed by atoms with van der Waals surface area (Å²) < 4.78 is 25.9. The number of halogens is 2. The molecule has 1 aromatic rings. The minimum atomic E-state index is -1.07. The maximum Gasteiger partial charge on any atom is 0.303 e. The van der Waals surface area contributed by atoms with Crippen molar-refractivity contribution in [3.8, 4) is 6.07 Å². The molecule has 1 N–H and O–H groups in total. The number of nitriles is 1. The maximum atomic E-state index is 13.1. The monoisotopic (exact) mass is 211 g/mol. The molecule has 0 aliphatic heterocycles. The average molecular weight is 211 g/mol. The van der Waals surface area contributed by atoms with E-state index in [1.807, 2.05) is 0 Å². The molecule has 0 aromatic heterocycles. The number of rotatable bonds is 3. The molecule has 5 heteroatoms. The largest absolute Gasteiger partial charge is 0.481 e. The lowest BCUT2D eigenvalue weighted by molar-refractivity contribution is -0.136. The first kappa shape index (κ1) is 11.1. The zero-order valence-electron chi connectivity index (χ0n) is 7.63. The Morgan fingerprint density at radius 2 is 2.07 bits per heavy atom. The smallest absolute Gasteiger partial charge is 0.303 e. The molecule has 15 heavy (non-hydrogen) atoms. The van der Waals surface area contributed by atoms with E-state index in [9.17, 15) is 13.6 Å². The number of aryl methyl sites for hydroxylation is 1. The Morgan fingerprint density at radius 1 is 1.40 bits per heavy atom. The fourth-order valence-electron chi connectivity index (χ4n) is 1.11. The Bertz CT molecular complexity index is 438. The first-order valence-corrected chi connectivity index (χ1v) is 4.14. The molecule has 78 valence electrons. The summed E-state index contributed by atoms with van der Waals surface area (Å²) in [5.41, 5.74) is -0.243. The van der Waals surface area contributed by atoms with E-state index in [-0.39, 0.29) is 24.0 Å². The highest BCUT2D eigenvalue weighted by atomic mass is 19.1. The molecule has 3 nitrogen and oxygen atoms in total. The zero-order valence-corrected chi connectivity index (χ0v) is 7.63. The van der Waals surface area contributed by atoms with Crippen LogP contribution in [-0.4, -0.2) is 11.1 Å². The van der Waals surface area contributed by atoms with Crippen LogP contribution < -0.4 is 0 Å². The summed E-state index contributed by atoms with van der Waals surface area (Å²) in [6.07, 6.45) is -0.316. The van der Waals surface area contributed by atoms with Crippen molar-refractivity contribution in [3.63, 3.8) is 0 Å². The summed E-state index contributed by atoms with van der Waals surface area (Å²) >= 11 is 0. The van der Waals surface area contributed by atoms with Gasteiger partial charge in [0.2, 0.25) is 0 Å². The van der Waals surface area contributed by atoms with Gasteiger partial charge in [0.15, 0.2) is 0 Å². The summed E-state index contributed by atoms with van der Waals surface area (Å²) in [5, 5.41) is 16.9. The minimum absolute atomic E-state index is 0.0374. The maximum absolute atomic E-state index is 13.1. The van der Waals surface area contributed by atoms with Gasteiger partial charge in [-0.3, -0.25) is 4.79 Å². The van der Waals surface area contributed by atoms with Crippen LogP contribution in [0.3, 0.4) is 0 Å². The van der Waals surface area contributed by atoms with E-state index in [2.05, 4.69) is 0 Å². The Kier molecular flexibility index (Phi) is 3.34. The molecule has 0 spiro atoms. The molecule has 0 aliphatic rings. The fraction of sp³-hybridized carbons (Fsp3) is 0.200. The molecule has 0 saturated heterocycles. The molecule has 0 aliphatic carbocycles. The number of hydrogen-bond acceptors (Lipinski definition) is 2. The highest BCUT2D eigenvalue weighted by Crippen LogP contribution is 2.15. The second-order valence-corrected chi connectivity index (χ2v) is 2.93. The van der Waals surface area contributed by atoms with E-state index in [0.717, 1.165) is 6.07 Å². The van der Waals surface area contributed by atoms with Crippen LogP contribution in [0.2, 0.25) is 0 Å². The number of carbonyl (C=O) groups is 1. The second kappa shape index (κ2) is 4.51. The molecule has 1 aromatic carbocycles. The van der Waals surface area contributed by atoms with Gasteiger partial charge in [-0.2, -0.15) is 5.26 Å². The van der Waals surface area contributed by atoms with Crippen molar-refractivity contribution < 1.29 is 18.7 Å². The molecule has 1 rings (SSSR count). The molecule has 0 fully saturated rings. The van der Waals surface area contributed by atoms with E-state index in [1.165, 1.54) is 0 Å². The van der Waals surface area contributed by atoms with Gasteiger partial charge < -0.3 is 5.11 Å². The highest BCUT2D eigenvalue weighted by Gasteiger charge is 2.10. The van der Waals surface area contributed by atoms with Crippen molar-refractivity contribution in [1.29, 1.82) is 5.26 Å². The Balaban J connectivity index is 2.98. The van der Waals surface area contributed by atoms with Crippen molar-refractivity contribution in [2.45, 2.75) is 12.8 Å². The normalized spacial score (nSPS) is 9.67. The van der Waals surface area contributed by atoms with Crippen LogP contribution in [0, 0.1) is 23.0 Å². The average Bonchev–Trinajstić information content (AvgIpc) is 2.16. The number of carboxylic acids is 1. The first-order valence-electron chi connectivity index (χ1n) is 4.14. The lowest BCUT2D eigenvalue weighted by Gasteiger charge is -2.02. The number of carboxylic acid groups (broad SMARTS) is 1. The summed E-state index contributed by atoms with van der Waals surface area (Å²) in [6, 6.07) is 3.19. The predicted octanol–water partition coefficient (Wildman–Crippen LogP) is 1.85. The summed E-state index contributed by atoms with van der Waals surface area (Å²) in [7, 11) is 0. The number of hydrogen-bond donors (Lipinski definition) is 1. The molecular formula is C10H7F2NO2. The van der Waals surface area contributed by atoms with Gasteiger partial charge in [0.25, 0.3) is 0 Å². The molecule has 0 heterocycles. The number of nitrogens with zero attached hydrogens (tertiary/aromatic N) is 1. The minimum Gasteiger partial charge on any atom is -0.481 e. The van der Waals surface area contributed by atoms with Gasteiger partial charge in [0.1, 0.15) is 17.7 Å². The third kappa shape index (κ3) is 2.74. The van der Waals surface area contributed by atoms with Crippen molar-refractivity contribution in [3.05, 3.63) is 34.9 Å². The lowest BCUT2D eigenvalue weighted by atomic mass is 10.1. The van der Waals surface area contributed by atoms with Crippen molar-refractivity contribution in [1.82, 2.24) is 0 Å². The van der Waals surface area contributed by atoms with E-state index in [1.54, 1.807) is 6.07 Å². The van der Waals surface area contributed by atoms with Crippen LogP contribution in [0.1, 0.15) is 17.5 Å². The van der Waals surface area contributed by atoms with E-state index in [4.69, 9.17) is 10.4 Å². The van der Waals surface area contributed by atoms with Gasteiger partial charge in [-0.25, -0.2) is 8.78 Å². The number of benzene rings is 1. The Hall–Kier alpha value is -1.96.